The van der Waals surface area contributed by atoms with Crippen LogP contribution in [0, 0.1) is 6.92 Å². The standard InChI is InChI=1S/C19H23Br2NO3/c1-3-4-11-24-14-7-9-15(10-8-14)25-12-5-6-16-18(21)19(23)17(20)13(2)22-16/h7-10H,3-6,11-12H2,1-2H3,(H,22,23). The van der Waals surface area contributed by atoms with E-state index in [9.17, 15) is 4.79 Å². The summed E-state index contributed by atoms with van der Waals surface area (Å²) in [5.74, 6) is 1.69. The van der Waals surface area contributed by atoms with E-state index in [-0.39, 0.29) is 5.43 Å². The van der Waals surface area contributed by atoms with Crippen LogP contribution < -0.4 is 14.9 Å². The molecular weight excluding hydrogens is 450 g/mol. The Balaban J connectivity index is 1.81. The first-order chi connectivity index (χ1) is 12.0. The second-order valence-electron chi connectivity index (χ2n) is 5.81. The molecule has 0 bridgehead atoms. The third-order valence-electron chi connectivity index (χ3n) is 3.76. The van der Waals surface area contributed by atoms with Crippen LogP contribution >= 0.6 is 31.9 Å². The fraction of sp³-hybridized carbons (Fsp3) is 0.421. The number of hydrogen-bond acceptors (Lipinski definition) is 3. The van der Waals surface area contributed by atoms with Gasteiger partial charge in [0.1, 0.15) is 11.5 Å². The molecule has 25 heavy (non-hydrogen) atoms. The lowest BCUT2D eigenvalue weighted by molar-refractivity contribution is 0.301. The maximum atomic E-state index is 12.0. The van der Waals surface area contributed by atoms with Gasteiger partial charge in [0.25, 0.3) is 0 Å². The van der Waals surface area contributed by atoms with E-state index in [2.05, 4.69) is 43.8 Å². The molecule has 0 saturated carbocycles. The molecule has 1 aromatic carbocycles. The number of nitrogens with one attached hydrogen (secondary N) is 1. The van der Waals surface area contributed by atoms with Crippen LogP contribution in [0.25, 0.3) is 0 Å². The molecule has 0 spiro atoms. The molecule has 0 fully saturated rings. The molecule has 136 valence electrons. The molecule has 0 aliphatic heterocycles. The van der Waals surface area contributed by atoms with Crippen LogP contribution in [0.1, 0.15) is 37.6 Å². The Hall–Kier alpha value is -1.27. The second kappa shape index (κ2) is 10.0. The van der Waals surface area contributed by atoms with Crippen molar-refractivity contribution in [3.8, 4) is 11.5 Å². The summed E-state index contributed by atoms with van der Waals surface area (Å²) in [7, 11) is 0. The molecule has 1 heterocycles. The van der Waals surface area contributed by atoms with Crippen molar-refractivity contribution in [2.45, 2.75) is 39.5 Å². The predicted octanol–water partition coefficient (Wildman–Crippen LogP) is 5.40. The zero-order valence-corrected chi connectivity index (χ0v) is 17.7. The van der Waals surface area contributed by atoms with Crippen molar-refractivity contribution in [2.75, 3.05) is 13.2 Å². The molecule has 0 atom stereocenters. The minimum atomic E-state index is -0.0224. The molecule has 1 N–H and O–H groups in total. The van der Waals surface area contributed by atoms with Crippen molar-refractivity contribution in [3.63, 3.8) is 0 Å². The number of H-pyrrole nitrogens is 1. The normalized spacial score (nSPS) is 10.7. The molecule has 0 radical (unpaired) electrons. The smallest absolute Gasteiger partial charge is 0.210 e. The molecular formula is C19H23Br2NO3. The molecule has 2 aromatic rings. The van der Waals surface area contributed by atoms with Gasteiger partial charge in [-0.2, -0.15) is 0 Å². The maximum Gasteiger partial charge on any atom is 0.210 e. The van der Waals surface area contributed by atoms with Crippen LogP contribution in [0.3, 0.4) is 0 Å². The topological polar surface area (TPSA) is 51.3 Å². The zero-order valence-electron chi connectivity index (χ0n) is 14.5. The lowest BCUT2D eigenvalue weighted by atomic mass is 10.2. The van der Waals surface area contributed by atoms with Crippen LogP contribution in [0.15, 0.2) is 38.0 Å². The van der Waals surface area contributed by atoms with Crippen molar-refractivity contribution >= 4 is 31.9 Å². The lowest BCUT2D eigenvalue weighted by Crippen LogP contribution is -2.12. The van der Waals surface area contributed by atoms with E-state index >= 15 is 0 Å². The van der Waals surface area contributed by atoms with Gasteiger partial charge in [0.15, 0.2) is 0 Å². The summed E-state index contributed by atoms with van der Waals surface area (Å²) in [5, 5.41) is 0. The number of ether oxygens (including phenoxy) is 2. The van der Waals surface area contributed by atoms with Crippen molar-refractivity contribution in [3.05, 3.63) is 54.8 Å². The number of aromatic nitrogens is 1. The minimum absolute atomic E-state index is 0.0224. The first kappa shape index (κ1) is 20.0. The fourth-order valence-electron chi connectivity index (χ4n) is 2.32. The van der Waals surface area contributed by atoms with Crippen LogP contribution in [-0.4, -0.2) is 18.2 Å². The number of unbranched alkanes of at least 4 members (excludes halogenated alkanes) is 1. The highest BCUT2D eigenvalue weighted by Crippen LogP contribution is 2.20. The second-order valence-corrected chi connectivity index (χ2v) is 7.40. The molecule has 0 aliphatic rings. The van der Waals surface area contributed by atoms with Gasteiger partial charge in [-0.25, -0.2) is 0 Å². The molecule has 0 amide bonds. The maximum absolute atomic E-state index is 12.0. The van der Waals surface area contributed by atoms with Crippen LogP contribution in [0.2, 0.25) is 0 Å². The highest BCUT2D eigenvalue weighted by molar-refractivity contribution is 9.11. The van der Waals surface area contributed by atoms with Gasteiger partial charge in [0, 0.05) is 11.4 Å². The van der Waals surface area contributed by atoms with E-state index in [1.54, 1.807) is 0 Å². The average molecular weight is 473 g/mol. The van der Waals surface area contributed by atoms with Gasteiger partial charge in [-0.1, -0.05) is 13.3 Å². The summed E-state index contributed by atoms with van der Waals surface area (Å²) >= 11 is 6.66. The molecule has 0 unspecified atom stereocenters. The largest absolute Gasteiger partial charge is 0.494 e. The lowest BCUT2D eigenvalue weighted by Gasteiger charge is -2.10. The summed E-state index contributed by atoms with van der Waals surface area (Å²) < 4.78 is 12.5. The Labute approximate surface area is 165 Å². The summed E-state index contributed by atoms with van der Waals surface area (Å²) in [6, 6.07) is 7.69. The van der Waals surface area contributed by atoms with E-state index in [0.717, 1.165) is 55.2 Å². The number of pyridine rings is 1. The van der Waals surface area contributed by atoms with Crippen LogP contribution in [0.4, 0.5) is 0 Å². The third kappa shape index (κ3) is 5.89. The van der Waals surface area contributed by atoms with Gasteiger partial charge in [-0.3, -0.25) is 4.79 Å². The van der Waals surface area contributed by atoms with Crippen molar-refractivity contribution in [1.82, 2.24) is 4.98 Å². The van der Waals surface area contributed by atoms with E-state index in [1.807, 2.05) is 31.2 Å². The van der Waals surface area contributed by atoms with E-state index < -0.39 is 0 Å². The molecule has 2 rings (SSSR count). The highest BCUT2D eigenvalue weighted by Gasteiger charge is 2.10. The SMILES string of the molecule is CCCCOc1ccc(OCCCc2[nH]c(C)c(Br)c(=O)c2Br)cc1. The van der Waals surface area contributed by atoms with Gasteiger partial charge in [0.05, 0.1) is 22.2 Å². The number of hydrogen-bond donors (Lipinski definition) is 1. The summed E-state index contributed by atoms with van der Waals surface area (Å²) in [4.78, 5) is 15.3. The number of aryl methyl sites for hydroxylation is 2. The molecule has 0 aliphatic carbocycles. The Kier molecular flexibility index (Phi) is 8.03. The monoisotopic (exact) mass is 471 g/mol. The summed E-state index contributed by atoms with van der Waals surface area (Å²) in [6.45, 7) is 5.35. The van der Waals surface area contributed by atoms with Gasteiger partial charge in [-0.15, -0.1) is 0 Å². The van der Waals surface area contributed by atoms with E-state index in [0.29, 0.717) is 15.6 Å². The van der Waals surface area contributed by atoms with E-state index in [1.165, 1.54) is 0 Å². The van der Waals surface area contributed by atoms with Crippen molar-refractivity contribution < 1.29 is 9.47 Å². The number of rotatable bonds is 9. The van der Waals surface area contributed by atoms with E-state index in [4.69, 9.17) is 9.47 Å². The number of benzene rings is 1. The Morgan fingerprint density at radius 3 is 2.08 bits per heavy atom. The third-order valence-corrected chi connectivity index (χ3v) is 5.56. The predicted molar refractivity (Wildman–Crippen MR) is 108 cm³/mol. The zero-order chi connectivity index (χ0) is 18.2. The minimum Gasteiger partial charge on any atom is -0.494 e. The first-order valence-corrected chi connectivity index (χ1v) is 10.0. The Morgan fingerprint density at radius 2 is 1.52 bits per heavy atom. The van der Waals surface area contributed by atoms with Gasteiger partial charge >= 0.3 is 0 Å². The molecule has 6 heteroatoms. The molecule has 4 nitrogen and oxygen atoms in total. The van der Waals surface area contributed by atoms with Crippen LogP contribution in [0.5, 0.6) is 11.5 Å². The molecule has 1 aromatic heterocycles. The summed E-state index contributed by atoms with van der Waals surface area (Å²) in [5.41, 5.74) is 1.71. The fourth-order valence-corrected chi connectivity index (χ4v) is 3.38. The average Bonchev–Trinajstić information content (AvgIpc) is 2.62. The van der Waals surface area contributed by atoms with Crippen molar-refractivity contribution in [1.29, 1.82) is 0 Å². The van der Waals surface area contributed by atoms with Gasteiger partial charge in [-0.05, 0) is 82.3 Å². The van der Waals surface area contributed by atoms with Gasteiger partial charge < -0.3 is 14.5 Å². The first-order valence-electron chi connectivity index (χ1n) is 8.45. The Bertz CT molecular complexity index is 742. The highest BCUT2D eigenvalue weighted by atomic mass is 79.9. The molecule has 0 saturated heterocycles. The van der Waals surface area contributed by atoms with Gasteiger partial charge in [0.2, 0.25) is 5.43 Å². The van der Waals surface area contributed by atoms with Crippen molar-refractivity contribution in [2.24, 2.45) is 0 Å². The quantitative estimate of drug-likeness (QED) is 0.497. The van der Waals surface area contributed by atoms with Crippen LogP contribution in [-0.2, 0) is 6.42 Å². The Morgan fingerprint density at radius 1 is 0.960 bits per heavy atom. The summed E-state index contributed by atoms with van der Waals surface area (Å²) in [6.07, 6.45) is 3.73. The number of halogens is 2. The number of aromatic amines is 1.